The van der Waals surface area contributed by atoms with E-state index in [-0.39, 0.29) is 18.2 Å². The van der Waals surface area contributed by atoms with Crippen LogP contribution in [0.5, 0.6) is 0 Å². The topological polar surface area (TPSA) is 59.6 Å². The highest BCUT2D eigenvalue weighted by Crippen LogP contribution is 2.41. The number of ether oxygens (including phenoxy) is 2. The molecule has 1 aliphatic carbocycles. The quantitative estimate of drug-likeness (QED) is 0.666. The summed E-state index contributed by atoms with van der Waals surface area (Å²) in [4.78, 5) is 12.6. The number of hydrogen-bond donors (Lipinski definition) is 2. The van der Waals surface area contributed by atoms with E-state index in [1.807, 2.05) is 54.6 Å². The van der Waals surface area contributed by atoms with Crippen LogP contribution < -0.4 is 10.6 Å². The van der Waals surface area contributed by atoms with Gasteiger partial charge in [-0.25, -0.2) is 4.79 Å². The summed E-state index contributed by atoms with van der Waals surface area (Å²) in [5, 5.41) is 5.94. The molecule has 2 unspecified atom stereocenters. The molecule has 5 nitrogen and oxygen atoms in total. The van der Waals surface area contributed by atoms with Gasteiger partial charge in [0, 0.05) is 17.3 Å². The minimum absolute atomic E-state index is 0.238. The lowest BCUT2D eigenvalue weighted by Gasteiger charge is -2.46. The van der Waals surface area contributed by atoms with E-state index >= 15 is 0 Å². The molecule has 2 aromatic carbocycles. The van der Waals surface area contributed by atoms with Gasteiger partial charge in [-0.3, -0.25) is 0 Å². The third-order valence-electron chi connectivity index (χ3n) is 5.42. The summed E-state index contributed by atoms with van der Waals surface area (Å²) in [6.45, 7) is 0.433. The third kappa shape index (κ3) is 4.40. The molecule has 1 spiro atoms. The molecule has 0 radical (unpaired) electrons. The van der Waals surface area contributed by atoms with E-state index in [4.69, 9.17) is 9.47 Å². The molecule has 1 saturated heterocycles. The highest BCUT2D eigenvalue weighted by molar-refractivity contribution is 9.10. The minimum atomic E-state index is -0.518. The summed E-state index contributed by atoms with van der Waals surface area (Å²) in [5.74, 6) is -0.518. The van der Waals surface area contributed by atoms with Gasteiger partial charge >= 0.3 is 6.03 Å². The van der Waals surface area contributed by atoms with Gasteiger partial charge in [-0.1, -0.05) is 48.9 Å². The van der Waals surface area contributed by atoms with Crippen molar-refractivity contribution in [2.75, 3.05) is 11.9 Å². The van der Waals surface area contributed by atoms with Crippen LogP contribution in [-0.4, -0.2) is 24.5 Å². The monoisotopic (exact) mass is 444 g/mol. The zero-order valence-electron chi connectivity index (χ0n) is 15.7. The summed E-state index contributed by atoms with van der Waals surface area (Å²) in [7, 11) is 0. The highest BCUT2D eigenvalue weighted by Gasteiger charge is 2.44. The zero-order valence-corrected chi connectivity index (χ0v) is 17.3. The Labute approximate surface area is 173 Å². The maximum Gasteiger partial charge on any atom is 0.319 e. The highest BCUT2D eigenvalue weighted by atomic mass is 79.9. The van der Waals surface area contributed by atoms with Crippen molar-refractivity contribution in [3.05, 3.63) is 64.6 Å². The second-order valence-corrected chi connectivity index (χ2v) is 8.27. The number of carbonyl (C=O) groups excluding carboxylic acids is 1. The lowest BCUT2D eigenvalue weighted by atomic mass is 9.91. The van der Waals surface area contributed by atoms with Crippen molar-refractivity contribution in [3.63, 3.8) is 0 Å². The maximum absolute atomic E-state index is 12.6. The molecular weight excluding hydrogens is 420 g/mol. The third-order valence-corrected chi connectivity index (χ3v) is 6.11. The van der Waals surface area contributed by atoms with E-state index in [1.54, 1.807) is 0 Å². The number of benzene rings is 2. The van der Waals surface area contributed by atoms with Crippen molar-refractivity contribution in [2.45, 2.75) is 50.0 Å². The molecule has 2 aliphatic rings. The van der Waals surface area contributed by atoms with Crippen LogP contribution >= 0.6 is 15.9 Å². The number of rotatable bonds is 3. The maximum atomic E-state index is 12.6. The van der Waals surface area contributed by atoms with Gasteiger partial charge in [0.2, 0.25) is 0 Å². The van der Waals surface area contributed by atoms with Crippen LogP contribution in [0.1, 0.15) is 43.8 Å². The Balaban J connectivity index is 1.50. The minimum Gasteiger partial charge on any atom is -0.348 e. The smallest absolute Gasteiger partial charge is 0.319 e. The summed E-state index contributed by atoms with van der Waals surface area (Å²) in [6.07, 6.45) is 5.03. The van der Waals surface area contributed by atoms with Crippen molar-refractivity contribution in [1.29, 1.82) is 0 Å². The van der Waals surface area contributed by atoms with Crippen LogP contribution in [0.4, 0.5) is 10.5 Å². The molecule has 2 fully saturated rings. The average Bonchev–Trinajstić information content (AvgIpc) is 2.72. The largest absolute Gasteiger partial charge is 0.348 e. The van der Waals surface area contributed by atoms with Gasteiger partial charge in [-0.15, -0.1) is 0 Å². The molecule has 2 aromatic rings. The van der Waals surface area contributed by atoms with Crippen LogP contribution in [-0.2, 0) is 9.47 Å². The van der Waals surface area contributed by atoms with Gasteiger partial charge < -0.3 is 20.1 Å². The van der Waals surface area contributed by atoms with Crippen LogP contribution in [0.3, 0.4) is 0 Å². The Bertz CT molecular complexity index is 808. The van der Waals surface area contributed by atoms with Gasteiger partial charge in [0.15, 0.2) is 5.79 Å². The fraction of sp³-hybridized carbons (Fsp3) is 0.409. The lowest BCUT2D eigenvalue weighted by molar-refractivity contribution is -0.314. The molecular formula is C22H25BrN2O3. The van der Waals surface area contributed by atoms with Crippen LogP contribution in [0.2, 0.25) is 0 Å². The molecule has 2 amide bonds. The summed E-state index contributed by atoms with van der Waals surface area (Å²) >= 11 is 3.45. The van der Waals surface area contributed by atoms with Gasteiger partial charge in [0.1, 0.15) is 6.10 Å². The number of hydrogen-bond acceptors (Lipinski definition) is 3. The van der Waals surface area contributed by atoms with Crippen LogP contribution in [0.25, 0.3) is 0 Å². The number of amides is 2. The van der Waals surface area contributed by atoms with Crippen molar-refractivity contribution in [2.24, 2.45) is 0 Å². The van der Waals surface area contributed by atoms with Crippen molar-refractivity contribution < 1.29 is 14.3 Å². The number of carbonyl (C=O) groups is 1. The Kier molecular flexibility index (Phi) is 5.99. The van der Waals surface area contributed by atoms with E-state index in [2.05, 4.69) is 26.6 Å². The van der Waals surface area contributed by atoms with Crippen molar-refractivity contribution in [3.8, 4) is 0 Å². The predicted molar refractivity (Wildman–Crippen MR) is 112 cm³/mol. The van der Waals surface area contributed by atoms with Crippen LogP contribution in [0.15, 0.2) is 59.1 Å². The molecule has 0 aromatic heterocycles. The van der Waals surface area contributed by atoms with Gasteiger partial charge in [-0.05, 0) is 46.5 Å². The molecule has 1 heterocycles. The van der Waals surface area contributed by atoms with E-state index in [0.717, 1.165) is 41.4 Å². The molecule has 4 rings (SSSR count). The average molecular weight is 445 g/mol. The van der Waals surface area contributed by atoms with Crippen molar-refractivity contribution in [1.82, 2.24) is 5.32 Å². The number of para-hydroxylation sites is 1. The first-order chi connectivity index (χ1) is 13.7. The van der Waals surface area contributed by atoms with E-state index in [1.165, 1.54) is 6.42 Å². The standard InChI is InChI=1S/C22H25BrN2O3/c23-17-11-5-6-12-18(17)24-21(26)25-19-15-27-22(13-7-2-8-14-22)28-20(19)16-9-3-1-4-10-16/h1,3-6,9-12,19-20H,2,7-8,13-15H2,(H2,24,25,26). The molecule has 28 heavy (non-hydrogen) atoms. The van der Waals surface area contributed by atoms with E-state index in [9.17, 15) is 4.79 Å². The molecule has 2 atom stereocenters. The molecule has 2 N–H and O–H groups in total. The summed E-state index contributed by atoms with van der Waals surface area (Å²) in [6, 6.07) is 17.1. The number of nitrogens with one attached hydrogen (secondary N) is 2. The predicted octanol–water partition coefficient (Wildman–Crippen LogP) is 5.39. The first-order valence-electron chi connectivity index (χ1n) is 9.84. The molecule has 1 saturated carbocycles. The summed E-state index contributed by atoms with van der Waals surface area (Å²) in [5.41, 5.74) is 1.78. The molecule has 0 bridgehead atoms. The second kappa shape index (κ2) is 8.64. The molecule has 1 aliphatic heterocycles. The fourth-order valence-corrected chi connectivity index (χ4v) is 4.36. The second-order valence-electron chi connectivity index (χ2n) is 7.42. The Morgan fingerprint density at radius 2 is 1.71 bits per heavy atom. The van der Waals surface area contributed by atoms with Gasteiger partial charge in [-0.2, -0.15) is 0 Å². The number of anilines is 1. The van der Waals surface area contributed by atoms with Gasteiger partial charge in [0.05, 0.1) is 18.3 Å². The van der Waals surface area contributed by atoms with E-state index < -0.39 is 5.79 Å². The molecule has 6 heteroatoms. The first kappa shape index (κ1) is 19.4. The number of urea groups is 1. The fourth-order valence-electron chi connectivity index (χ4n) is 3.98. The number of halogens is 1. The Hall–Kier alpha value is -1.89. The van der Waals surface area contributed by atoms with Crippen LogP contribution in [0, 0.1) is 0 Å². The first-order valence-corrected chi connectivity index (χ1v) is 10.6. The Morgan fingerprint density at radius 1 is 1.00 bits per heavy atom. The molecule has 148 valence electrons. The lowest BCUT2D eigenvalue weighted by Crippen LogP contribution is -2.55. The normalized spacial score (nSPS) is 23.9. The summed E-state index contributed by atoms with van der Waals surface area (Å²) < 4.78 is 13.5. The SMILES string of the molecule is O=C(Nc1ccccc1Br)NC1COC2(CCCCC2)OC1c1ccccc1. The van der Waals surface area contributed by atoms with Gasteiger partial charge in [0.25, 0.3) is 0 Å². The Morgan fingerprint density at radius 3 is 2.46 bits per heavy atom. The zero-order chi connectivity index (χ0) is 19.4. The van der Waals surface area contributed by atoms with Crippen molar-refractivity contribution >= 4 is 27.6 Å². The van der Waals surface area contributed by atoms with E-state index in [0.29, 0.717) is 6.61 Å².